The third-order valence-corrected chi connectivity index (χ3v) is 3.08. The first-order valence-electron chi connectivity index (χ1n) is 6.72. The van der Waals surface area contributed by atoms with E-state index in [0.717, 1.165) is 17.2 Å². The van der Waals surface area contributed by atoms with Crippen molar-refractivity contribution in [2.75, 3.05) is 23.4 Å². The van der Waals surface area contributed by atoms with E-state index in [1.807, 2.05) is 31.3 Å². The summed E-state index contributed by atoms with van der Waals surface area (Å²) in [5, 5.41) is 10.5. The van der Waals surface area contributed by atoms with E-state index in [4.69, 9.17) is 5.73 Å². The van der Waals surface area contributed by atoms with Crippen LogP contribution in [0.5, 0.6) is 0 Å². The summed E-state index contributed by atoms with van der Waals surface area (Å²) in [5.74, 6) is 1.77. The molecule has 8 heteroatoms. The first-order valence-corrected chi connectivity index (χ1v) is 6.72. The molecule has 0 aliphatic heterocycles. The lowest BCUT2D eigenvalue weighted by atomic mass is 10.4. The molecule has 4 N–H and O–H groups in total. The van der Waals surface area contributed by atoms with Crippen LogP contribution < -0.4 is 16.4 Å². The molecule has 0 bridgehead atoms. The summed E-state index contributed by atoms with van der Waals surface area (Å²) in [6.45, 7) is 1.90. The fourth-order valence-corrected chi connectivity index (χ4v) is 1.96. The van der Waals surface area contributed by atoms with Crippen LogP contribution in [0.4, 0.5) is 23.1 Å². The third kappa shape index (κ3) is 2.66. The van der Waals surface area contributed by atoms with Crippen LogP contribution in [0.1, 0.15) is 5.69 Å². The number of nitrogens with two attached hydrogens (primary N) is 1. The van der Waals surface area contributed by atoms with Crippen LogP contribution in [0.2, 0.25) is 0 Å². The molecule has 0 aromatic carbocycles. The Kier molecular flexibility index (Phi) is 3.57. The maximum atomic E-state index is 5.76. The van der Waals surface area contributed by atoms with Gasteiger partial charge < -0.3 is 16.4 Å². The number of nitrogens with zero attached hydrogens (tertiary/aromatic N) is 5. The largest absolute Gasteiger partial charge is 0.394 e. The van der Waals surface area contributed by atoms with Gasteiger partial charge in [-0.25, -0.2) is 14.6 Å². The predicted octanol–water partition coefficient (Wildman–Crippen LogP) is 1.73. The van der Waals surface area contributed by atoms with E-state index in [2.05, 4.69) is 30.7 Å². The van der Waals surface area contributed by atoms with Crippen molar-refractivity contribution < 1.29 is 0 Å². The monoisotopic (exact) mass is 296 g/mol. The summed E-state index contributed by atoms with van der Waals surface area (Å²) in [4.78, 5) is 12.7. The Hall–Kier alpha value is -3.16. The molecular formula is C14H16N8. The Bertz CT molecular complexity index is 781. The normalized spacial score (nSPS) is 10.5. The maximum absolute atomic E-state index is 5.76. The highest BCUT2D eigenvalue weighted by Crippen LogP contribution is 2.21. The van der Waals surface area contributed by atoms with Crippen molar-refractivity contribution in [2.45, 2.75) is 6.92 Å². The molecular weight excluding hydrogens is 280 g/mol. The highest BCUT2D eigenvalue weighted by molar-refractivity contribution is 5.64. The number of rotatable bonds is 4. The molecule has 0 radical (unpaired) electrons. The summed E-state index contributed by atoms with van der Waals surface area (Å²) in [6.07, 6.45) is 5.12. The minimum Gasteiger partial charge on any atom is -0.394 e. The van der Waals surface area contributed by atoms with E-state index >= 15 is 0 Å². The molecule has 22 heavy (non-hydrogen) atoms. The number of aromatic nitrogens is 5. The quantitative estimate of drug-likeness (QED) is 0.673. The van der Waals surface area contributed by atoms with Gasteiger partial charge in [0.2, 0.25) is 5.95 Å². The van der Waals surface area contributed by atoms with Crippen LogP contribution in [0.15, 0.2) is 36.8 Å². The fraction of sp³-hybridized carbons (Fsp3) is 0.143. The maximum Gasteiger partial charge on any atom is 0.229 e. The summed E-state index contributed by atoms with van der Waals surface area (Å²) >= 11 is 0. The minimum absolute atomic E-state index is 0.447. The van der Waals surface area contributed by atoms with Crippen LogP contribution in [-0.4, -0.2) is 31.8 Å². The molecule has 3 aromatic rings. The first kappa shape index (κ1) is 13.8. The van der Waals surface area contributed by atoms with E-state index in [1.165, 1.54) is 0 Å². The molecule has 8 nitrogen and oxygen atoms in total. The van der Waals surface area contributed by atoms with Crippen molar-refractivity contribution in [1.82, 2.24) is 24.7 Å². The topological polar surface area (TPSA) is 107 Å². The second-order valence-electron chi connectivity index (χ2n) is 4.63. The Morgan fingerprint density at radius 1 is 1.23 bits per heavy atom. The van der Waals surface area contributed by atoms with Gasteiger partial charge in [-0.05, 0) is 19.1 Å². The molecule has 0 saturated heterocycles. The first-order chi connectivity index (χ1) is 10.7. The van der Waals surface area contributed by atoms with Gasteiger partial charge in [0.05, 0.1) is 29.5 Å². The lowest BCUT2D eigenvalue weighted by Crippen LogP contribution is -2.04. The van der Waals surface area contributed by atoms with E-state index in [9.17, 15) is 0 Å². The van der Waals surface area contributed by atoms with Gasteiger partial charge in [0.1, 0.15) is 0 Å². The van der Waals surface area contributed by atoms with Gasteiger partial charge in [-0.2, -0.15) is 10.1 Å². The van der Waals surface area contributed by atoms with Crippen molar-refractivity contribution in [3.63, 3.8) is 0 Å². The van der Waals surface area contributed by atoms with Gasteiger partial charge in [-0.3, -0.25) is 0 Å². The van der Waals surface area contributed by atoms with Gasteiger partial charge in [0.25, 0.3) is 0 Å². The van der Waals surface area contributed by atoms with Crippen LogP contribution in [-0.2, 0) is 0 Å². The van der Waals surface area contributed by atoms with Crippen molar-refractivity contribution >= 4 is 23.1 Å². The van der Waals surface area contributed by atoms with Crippen molar-refractivity contribution in [1.29, 1.82) is 0 Å². The van der Waals surface area contributed by atoms with Gasteiger partial charge in [0.15, 0.2) is 11.6 Å². The summed E-state index contributed by atoms with van der Waals surface area (Å²) in [7, 11) is 1.76. The Morgan fingerprint density at radius 3 is 2.82 bits per heavy atom. The second kappa shape index (κ2) is 5.68. The Labute approximate surface area is 127 Å². The summed E-state index contributed by atoms with van der Waals surface area (Å²) < 4.78 is 1.70. The SMILES string of the molecule is CNc1nc(Nc2cn(-c3ccccn3)nc2C)ncc1N. The molecule has 0 saturated carbocycles. The molecule has 0 aliphatic rings. The molecule has 0 spiro atoms. The number of nitrogen functional groups attached to an aromatic ring is 1. The standard InChI is InChI=1S/C14H16N8/c1-9-11(8-22(21-9)12-5-3-4-6-17-12)19-14-18-7-10(15)13(16-2)20-14/h3-8H,15H2,1-2H3,(H2,16,18,19,20). The Balaban J connectivity index is 1.89. The number of anilines is 4. The highest BCUT2D eigenvalue weighted by atomic mass is 15.3. The molecule has 0 fully saturated rings. The second-order valence-corrected chi connectivity index (χ2v) is 4.63. The zero-order chi connectivity index (χ0) is 15.5. The number of aryl methyl sites for hydroxylation is 1. The van der Waals surface area contributed by atoms with Crippen LogP contribution in [0, 0.1) is 6.92 Å². The fourth-order valence-electron chi connectivity index (χ4n) is 1.96. The zero-order valence-electron chi connectivity index (χ0n) is 12.3. The van der Waals surface area contributed by atoms with Crippen molar-refractivity contribution in [3.05, 3.63) is 42.5 Å². The van der Waals surface area contributed by atoms with Crippen molar-refractivity contribution in [2.24, 2.45) is 0 Å². The lowest BCUT2D eigenvalue weighted by Gasteiger charge is -2.07. The van der Waals surface area contributed by atoms with Gasteiger partial charge >= 0.3 is 0 Å². The molecule has 0 aliphatic carbocycles. The molecule has 3 heterocycles. The van der Waals surface area contributed by atoms with E-state index in [-0.39, 0.29) is 0 Å². The van der Waals surface area contributed by atoms with Crippen LogP contribution in [0.3, 0.4) is 0 Å². The lowest BCUT2D eigenvalue weighted by molar-refractivity contribution is 0.832. The molecule has 3 aromatic heterocycles. The van der Waals surface area contributed by atoms with E-state index < -0.39 is 0 Å². The van der Waals surface area contributed by atoms with Crippen LogP contribution in [0.25, 0.3) is 5.82 Å². The average Bonchev–Trinajstić information content (AvgIpc) is 2.91. The summed E-state index contributed by atoms with van der Waals surface area (Å²) in [5.41, 5.74) is 7.88. The zero-order valence-corrected chi connectivity index (χ0v) is 12.3. The summed E-state index contributed by atoms with van der Waals surface area (Å²) in [6, 6.07) is 5.66. The van der Waals surface area contributed by atoms with E-state index in [0.29, 0.717) is 17.5 Å². The minimum atomic E-state index is 0.447. The van der Waals surface area contributed by atoms with Crippen molar-refractivity contribution in [3.8, 4) is 5.82 Å². The number of nitrogens with one attached hydrogen (secondary N) is 2. The number of hydrogen-bond donors (Lipinski definition) is 3. The molecule has 0 atom stereocenters. The average molecular weight is 296 g/mol. The predicted molar refractivity (Wildman–Crippen MR) is 85.4 cm³/mol. The van der Waals surface area contributed by atoms with Crippen LogP contribution >= 0.6 is 0 Å². The van der Waals surface area contributed by atoms with Gasteiger partial charge in [-0.1, -0.05) is 6.07 Å². The smallest absolute Gasteiger partial charge is 0.229 e. The van der Waals surface area contributed by atoms with E-state index in [1.54, 1.807) is 24.1 Å². The molecule has 0 unspecified atom stereocenters. The number of hydrogen-bond acceptors (Lipinski definition) is 7. The molecule has 3 rings (SSSR count). The molecule has 112 valence electrons. The molecule has 0 amide bonds. The van der Waals surface area contributed by atoms with Gasteiger partial charge in [0, 0.05) is 13.2 Å². The van der Waals surface area contributed by atoms with Gasteiger partial charge in [-0.15, -0.1) is 0 Å². The Morgan fingerprint density at radius 2 is 2.09 bits per heavy atom. The third-order valence-electron chi connectivity index (χ3n) is 3.08. The number of pyridine rings is 1. The highest BCUT2D eigenvalue weighted by Gasteiger charge is 2.09.